The van der Waals surface area contributed by atoms with Gasteiger partial charge in [0, 0.05) is 43.2 Å². The molecule has 0 aliphatic carbocycles. The molecule has 3 rings (SSSR count). The predicted molar refractivity (Wildman–Crippen MR) is 98.5 cm³/mol. The Balaban J connectivity index is 1.87. The molecule has 0 bridgehead atoms. The molecule has 1 unspecified atom stereocenters. The van der Waals surface area contributed by atoms with E-state index in [0.717, 1.165) is 34.6 Å². The summed E-state index contributed by atoms with van der Waals surface area (Å²) < 4.78 is 15.8. The topological polar surface area (TPSA) is 51.8 Å². The lowest BCUT2D eigenvalue weighted by Gasteiger charge is -2.34. The first-order valence-electron chi connectivity index (χ1n) is 8.48. The Morgan fingerprint density at radius 1 is 1.16 bits per heavy atom. The second-order valence-electron chi connectivity index (χ2n) is 6.27. The molecule has 25 heavy (non-hydrogen) atoms. The van der Waals surface area contributed by atoms with Crippen molar-refractivity contribution in [3.63, 3.8) is 0 Å². The third-order valence-electron chi connectivity index (χ3n) is 4.59. The number of imidazole rings is 1. The molecule has 0 amide bonds. The van der Waals surface area contributed by atoms with Crippen LogP contribution >= 0.6 is 12.2 Å². The quantitative estimate of drug-likeness (QED) is 0.800. The fraction of sp³-hybridized carbons (Fsp3) is 0.500. The Bertz CT molecular complexity index is 799. The van der Waals surface area contributed by atoms with E-state index in [1.807, 2.05) is 29.1 Å². The van der Waals surface area contributed by atoms with Crippen LogP contribution in [0.3, 0.4) is 0 Å². The Hall–Kier alpha value is -1.83. The second-order valence-corrected chi connectivity index (χ2v) is 6.64. The number of benzene rings is 1. The minimum Gasteiger partial charge on any atom is -0.496 e. The molecule has 1 aromatic heterocycles. The fourth-order valence-corrected chi connectivity index (χ4v) is 3.71. The second kappa shape index (κ2) is 7.59. The first kappa shape index (κ1) is 18.0. The highest BCUT2D eigenvalue weighted by Crippen LogP contribution is 2.39. The van der Waals surface area contributed by atoms with Gasteiger partial charge in [-0.15, -0.1) is 0 Å². The number of aromatic nitrogens is 2. The fourth-order valence-electron chi connectivity index (χ4n) is 3.44. The summed E-state index contributed by atoms with van der Waals surface area (Å²) in [6, 6.07) is 3.73. The number of hydrogen-bond acceptors (Lipinski definition) is 5. The molecule has 0 fully saturated rings. The van der Waals surface area contributed by atoms with Crippen LogP contribution < -0.4 is 9.47 Å². The van der Waals surface area contributed by atoms with Crippen molar-refractivity contribution in [3.8, 4) is 11.5 Å². The molecular weight excluding hydrogens is 338 g/mol. The summed E-state index contributed by atoms with van der Waals surface area (Å²) in [5, 5.41) is 10.7. The molecule has 1 aliphatic heterocycles. The van der Waals surface area contributed by atoms with Gasteiger partial charge in [0.1, 0.15) is 11.5 Å². The number of nitrogens with zero attached hydrogens (tertiary/aromatic N) is 3. The van der Waals surface area contributed by atoms with Crippen LogP contribution in [-0.4, -0.2) is 39.9 Å². The largest absolute Gasteiger partial charge is 0.496 e. The number of β-amino-alcohol motifs (C(OH)–C–C–N with tert-alkyl or cyclic N) is 1. The van der Waals surface area contributed by atoms with Crippen LogP contribution in [0.4, 0.5) is 0 Å². The van der Waals surface area contributed by atoms with Gasteiger partial charge in [0.15, 0.2) is 4.77 Å². The van der Waals surface area contributed by atoms with Gasteiger partial charge in [-0.3, -0.25) is 4.90 Å². The van der Waals surface area contributed by atoms with Crippen molar-refractivity contribution >= 4 is 12.2 Å². The Morgan fingerprint density at radius 3 is 2.52 bits per heavy atom. The zero-order chi connectivity index (χ0) is 18.0. The summed E-state index contributed by atoms with van der Waals surface area (Å²) in [6.45, 7) is 4.89. The molecule has 1 N–H and O–H groups in total. The van der Waals surface area contributed by atoms with Crippen LogP contribution in [0.1, 0.15) is 30.6 Å². The zero-order valence-corrected chi connectivity index (χ0v) is 15.8. The van der Waals surface area contributed by atoms with Crippen LogP contribution in [0.25, 0.3) is 0 Å². The maximum atomic E-state index is 10.7. The lowest BCUT2D eigenvalue weighted by molar-refractivity contribution is 0.0699. The number of hydrogen-bond donors (Lipinski definition) is 1. The minimum atomic E-state index is -0.624. The highest BCUT2D eigenvalue weighted by Gasteiger charge is 2.29. The number of rotatable bonds is 6. The molecule has 2 heterocycles. The molecule has 136 valence electrons. The number of ether oxygens (including phenoxy) is 2. The SMILES string of the molecule is CCCn1ccn(CN2Cc3c(OC)ccc(OC)c3C(O)C2)c1=S. The van der Waals surface area contributed by atoms with Crippen molar-refractivity contribution in [2.24, 2.45) is 0 Å². The third-order valence-corrected chi connectivity index (χ3v) is 5.06. The zero-order valence-electron chi connectivity index (χ0n) is 14.9. The summed E-state index contributed by atoms with van der Waals surface area (Å²) in [5.41, 5.74) is 1.80. The van der Waals surface area contributed by atoms with Gasteiger partial charge in [0.25, 0.3) is 0 Å². The smallest absolute Gasteiger partial charge is 0.180 e. The summed E-state index contributed by atoms with van der Waals surface area (Å²) in [7, 11) is 3.27. The molecule has 2 aromatic rings. The van der Waals surface area contributed by atoms with E-state index < -0.39 is 6.10 Å². The first-order valence-corrected chi connectivity index (χ1v) is 8.89. The van der Waals surface area contributed by atoms with E-state index in [9.17, 15) is 5.11 Å². The molecule has 1 aromatic carbocycles. The maximum absolute atomic E-state index is 10.7. The van der Waals surface area contributed by atoms with E-state index in [2.05, 4.69) is 16.4 Å². The van der Waals surface area contributed by atoms with E-state index in [1.165, 1.54) is 0 Å². The predicted octanol–water partition coefficient (Wildman–Crippen LogP) is 2.95. The summed E-state index contributed by atoms with van der Waals surface area (Å²) in [6.07, 6.45) is 4.44. The van der Waals surface area contributed by atoms with E-state index in [1.54, 1.807) is 14.2 Å². The minimum absolute atomic E-state index is 0.525. The van der Waals surface area contributed by atoms with E-state index in [-0.39, 0.29) is 0 Å². The van der Waals surface area contributed by atoms with Crippen molar-refractivity contribution in [2.75, 3.05) is 20.8 Å². The third kappa shape index (κ3) is 3.44. The van der Waals surface area contributed by atoms with Gasteiger partial charge in [-0.25, -0.2) is 0 Å². The van der Waals surface area contributed by atoms with E-state index >= 15 is 0 Å². The monoisotopic (exact) mass is 363 g/mol. The summed E-state index contributed by atoms with van der Waals surface area (Å²) in [5.74, 6) is 1.47. The van der Waals surface area contributed by atoms with Gasteiger partial charge in [0.05, 0.1) is 27.0 Å². The van der Waals surface area contributed by atoms with Crippen molar-refractivity contribution < 1.29 is 14.6 Å². The van der Waals surface area contributed by atoms with Crippen molar-refractivity contribution in [3.05, 3.63) is 40.4 Å². The van der Waals surface area contributed by atoms with E-state index in [0.29, 0.717) is 25.5 Å². The van der Waals surface area contributed by atoms with Gasteiger partial charge in [-0.2, -0.15) is 0 Å². The summed E-state index contributed by atoms with van der Waals surface area (Å²) in [4.78, 5) is 2.17. The lowest BCUT2D eigenvalue weighted by atomic mass is 9.95. The molecule has 0 saturated heterocycles. The maximum Gasteiger partial charge on any atom is 0.180 e. The van der Waals surface area contributed by atoms with Crippen LogP contribution in [0.2, 0.25) is 0 Å². The number of aliphatic hydroxyl groups excluding tert-OH is 1. The number of fused-ring (bicyclic) bond motifs is 1. The highest BCUT2D eigenvalue weighted by atomic mass is 32.1. The molecule has 6 nitrogen and oxygen atoms in total. The van der Waals surface area contributed by atoms with Gasteiger partial charge in [0.2, 0.25) is 0 Å². The average molecular weight is 363 g/mol. The van der Waals surface area contributed by atoms with Crippen LogP contribution in [-0.2, 0) is 19.8 Å². The molecule has 1 aliphatic rings. The highest BCUT2D eigenvalue weighted by molar-refractivity contribution is 7.71. The first-order chi connectivity index (χ1) is 12.1. The summed E-state index contributed by atoms with van der Waals surface area (Å²) >= 11 is 5.55. The Kier molecular flexibility index (Phi) is 5.46. The van der Waals surface area contributed by atoms with Crippen molar-refractivity contribution in [1.29, 1.82) is 0 Å². The molecule has 0 spiro atoms. The number of methoxy groups -OCH3 is 2. The van der Waals surface area contributed by atoms with Gasteiger partial charge >= 0.3 is 0 Å². The van der Waals surface area contributed by atoms with Crippen molar-refractivity contribution in [1.82, 2.24) is 14.0 Å². The number of aliphatic hydroxyl groups is 1. The van der Waals surface area contributed by atoms with Crippen molar-refractivity contribution in [2.45, 2.75) is 39.2 Å². The Morgan fingerprint density at radius 2 is 1.84 bits per heavy atom. The average Bonchev–Trinajstić information content (AvgIpc) is 2.94. The Labute approximate surface area is 153 Å². The van der Waals surface area contributed by atoms with Gasteiger partial charge in [-0.1, -0.05) is 6.92 Å². The molecule has 0 radical (unpaired) electrons. The molecule has 1 atom stereocenters. The van der Waals surface area contributed by atoms with E-state index in [4.69, 9.17) is 21.7 Å². The van der Waals surface area contributed by atoms with Crippen LogP contribution in [0.15, 0.2) is 24.5 Å². The lowest BCUT2D eigenvalue weighted by Crippen LogP contribution is -2.35. The molecular formula is C18H25N3O3S. The van der Waals surface area contributed by atoms with Gasteiger partial charge < -0.3 is 23.7 Å². The number of aryl methyl sites for hydroxylation is 1. The van der Waals surface area contributed by atoms with Crippen LogP contribution in [0.5, 0.6) is 11.5 Å². The molecule has 7 heteroatoms. The van der Waals surface area contributed by atoms with Gasteiger partial charge in [-0.05, 0) is 30.8 Å². The van der Waals surface area contributed by atoms with Crippen LogP contribution in [0, 0.1) is 4.77 Å². The normalized spacial score (nSPS) is 17.4. The standard InChI is InChI=1S/C18H25N3O3S/c1-4-7-20-8-9-21(18(20)25)12-19-10-13-15(23-2)5-6-16(24-3)17(13)14(22)11-19/h5-6,8-9,14,22H,4,7,10-12H2,1-3H3. The molecule has 0 saturated carbocycles.